The van der Waals surface area contributed by atoms with Crippen molar-refractivity contribution in [3.05, 3.63) is 60.2 Å². The number of alkyl halides is 3. The molecule has 0 nitrogen and oxygen atoms in total. The highest BCUT2D eigenvalue weighted by molar-refractivity contribution is 9.24. The van der Waals surface area contributed by atoms with Crippen molar-refractivity contribution in [1.29, 1.82) is 0 Å². The van der Waals surface area contributed by atoms with E-state index in [2.05, 4.69) is 31.9 Å². The summed E-state index contributed by atoms with van der Waals surface area (Å²) < 4.78 is 12.0. The molecule has 0 fully saturated rings. The standard InChI is InChI=1S/C13H9Br2F/c14-13(15,16)12-8-4-7-11(9-12)10-5-2-1-3-6-10/h1-9H. The summed E-state index contributed by atoms with van der Waals surface area (Å²) >= 11 is 5.89. The van der Waals surface area contributed by atoms with Gasteiger partial charge in [-0.25, -0.2) is 4.39 Å². The molecule has 0 saturated heterocycles. The van der Waals surface area contributed by atoms with E-state index in [1.54, 1.807) is 6.07 Å². The zero-order valence-corrected chi connectivity index (χ0v) is 11.5. The van der Waals surface area contributed by atoms with E-state index in [0.717, 1.165) is 11.1 Å². The summed E-state index contributed by atoms with van der Waals surface area (Å²) in [5, 5.41) is 0. The third kappa shape index (κ3) is 2.71. The van der Waals surface area contributed by atoms with E-state index in [0.29, 0.717) is 5.56 Å². The lowest BCUT2D eigenvalue weighted by Gasteiger charge is -2.12. The monoisotopic (exact) mass is 342 g/mol. The molecule has 0 spiro atoms. The van der Waals surface area contributed by atoms with Gasteiger partial charge in [0.15, 0.2) is 0 Å². The molecule has 2 aromatic carbocycles. The molecule has 0 bridgehead atoms. The van der Waals surface area contributed by atoms with E-state index >= 15 is 0 Å². The Hall–Kier alpha value is -0.670. The Balaban J connectivity index is 2.45. The number of halogens is 3. The van der Waals surface area contributed by atoms with E-state index in [1.807, 2.05) is 48.5 Å². The molecule has 0 radical (unpaired) electrons. The molecular formula is C13H9Br2F. The maximum atomic E-state index is 13.7. The van der Waals surface area contributed by atoms with E-state index in [9.17, 15) is 4.39 Å². The van der Waals surface area contributed by atoms with Gasteiger partial charge in [0, 0.05) is 5.56 Å². The van der Waals surface area contributed by atoms with Crippen molar-refractivity contribution < 1.29 is 4.39 Å². The van der Waals surface area contributed by atoms with Crippen molar-refractivity contribution in [3.8, 4) is 11.1 Å². The van der Waals surface area contributed by atoms with Gasteiger partial charge in [0.2, 0.25) is 3.49 Å². The predicted molar refractivity (Wildman–Crippen MR) is 72.5 cm³/mol. The van der Waals surface area contributed by atoms with Crippen molar-refractivity contribution >= 4 is 31.9 Å². The molecule has 0 aliphatic heterocycles. The second-order valence-electron chi connectivity index (χ2n) is 3.44. The molecule has 0 amide bonds. The number of rotatable bonds is 2. The third-order valence-electron chi connectivity index (χ3n) is 2.30. The van der Waals surface area contributed by atoms with Crippen LogP contribution in [0.5, 0.6) is 0 Å². The van der Waals surface area contributed by atoms with Crippen LogP contribution in [-0.2, 0) is 3.49 Å². The van der Waals surface area contributed by atoms with Crippen molar-refractivity contribution in [3.63, 3.8) is 0 Å². The van der Waals surface area contributed by atoms with Crippen LogP contribution in [0.4, 0.5) is 4.39 Å². The Bertz CT molecular complexity index is 475. The number of benzene rings is 2. The fourth-order valence-electron chi connectivity index (χ4n) is 1.51. The number of hydrogen-bond acceptors (Lipinski definition) is 0. The molecule has 2 aromatic rings. The van der Waals surface area contributed by atoms with Crippen LogP contribution in [0.25, 0.3) is 11.1 Å². The van der Waals surface area contributed by atoms with Crippen molar-refractivity contribution in [2.75, 3.05) is 0 Å². The van der Waals surface area contributed by atoms with E-state index in [1.165, 1.54) is 0 Å². The van der Waals surface area contributed by atoms with Gasteiger partial charge in [-0.2, -0.15) is 0 Å². The summed E-state index contributed by atoms with van der Waals surface area (Å²) in [6, 6.07) is 17.2. The Morgan fingerprint density at radius 3 is 2.06 bits per heavy atom. The highest BCUT2D eigenvalue weighted by Crippen LogP contribution is 2.40. The molecule has 0 N–H and O–H groups in total. The van der Waals surface area contributed by atoms with Crippen LogP contribution in [0.15, 0.2) is 54.6 Å². The molecule has 3 heteroatoms. The summed E-state index contributed by atoms with van der Waals surface area (Å²) in [6.07, 6.45) is 0. The minimum Gasteiger partial charge on any atom is -0.213 e. The summed E-state index contributed by atoms with van der Waals surface area (Å²) in [4.78, 5) is 0. The highest BCUT2D eigenvalue weighted by atomic mass is 79.9. The zero-order valence-electron chi connectivity index (χ0n) is 8.33. The van der Waals surface area contributed by atoms with Gasteiger partial charge in [-0.15, -0.1) is 0 Å². The van der Waals surface area contributed by atoms with Crippen LogP contribution in [0.2, 0.25) is 0 Å². The van der Waals surface area contributed by atoms with Crippen LogP contribution >= 0.6 is 31.9 Å². The predicted octanol–water partition coefficient (Wildman–Crippen LogP) is 5.22. The average molecular weight is 344 g/mol. The Labute approximate surface area is 111 Å². The summed E-state index contributed by atoms with van der Waals surface area (Å²) in [5.41, 5.74) is 2.63. The second-order valence-corrected chi connectivity index (χ2v) is 6.69. The smallest absolute Gasteiger partial charge is 0.213 e. The Kier molecular flexibility index (Phi) is 3.45. The summed E-state index contributed by atoms with van der Waals surface area (Å²) in [7, 11) is 0. The maximum Gasteiger partial charge on any atom is 0.244 e. The molecule has 0 unspecified atom stereocenters. The summed E-state index contributed by atoms with van der Waals surface area (Å²) in [6.45, 7) is 0. The van der Waals surface area contributed by atoms with Crippen molar-refractivity contribution in [2.45, 2.75) is 3.49 Å². The van der Waals surface area contributed by atoms with Crippen molar-refractivity contribution in [2.24, 2.45) is 0 Å². The molecule has 0 aromatic heterocycles. The third-order valence-corrected chi connectivity index (χ3v) is 3.21. The normalized spacial score (nSPS) is 11.4. The quantitative estimate of drug-likeness (QED) is 0.655. The molecule has 0 saturated carbocycles. The van der Waals surface area contributed by atoms with Gasteiger partial charge in [0.05, 0.1) is 0 Å². The van der Waals surface area contributed by atoms with Crippen LogP contribution in [0, 0.1) is 0 Å². The van der Waals surface area contributed by atoms with E-state index in [4.69, 9.17) is 0 Å². The van der Waals surface area contributed by atoms with Crippen LogP contribution in [0.3, 0.4) is 0 Å². The van der Waals surface area contributed by atoms with Gasteiger partial charge in [0.25, 0.3) is 0 Å². The minimum absolute atomic E-state index is 0.550. The van der Waals surface area contributed by atoms with Crippen LogP contribution in [-0.4, -0.2) is 0 Å². The highest BCUT2D eigenvalue weighted by Gasteiger charge is 2.23. The minimum atomic E-state index is -1.66. The second kappa shape index (κ2) is 4.68. The van der Waals surface area contributed by atoms with Gasteiger partial charge in [-0.3, -0.25) is 0 Å². The topological polar surface area (TPSA) is 0 Å². The first-order valence-corrected chi connectivity index (χ1v) is 6.38. The molecule has 2 rings (SSSR count). The van der Waals surface area contributed by atoms with Gasteiger partial charge in [0.1, 0.15) is 0 Å². The molecule has 0 aliphatic carbocycles. The first kappa shape index (κ1) is 11.8. The summed E-state index contributed by atoms with van der Waals surface area (Å²) in [5.74, 6) is 0. The Morgan fingerprint density at radius 1 is 0.812 bits per heavy atom. The lowest BCUT2D eigenvalue weighted by molar-refractivity contribution is 0.444. The van der Waals surface area contributed by atoms with Gasteiger partial charge >= 0.3 is 0 Å². The molecule has 82 valence electrons. The molecule has 0 aliphatic rings. The first-order chi connectivity index (χ1) is 7.57. The largest absolute Gasteiger partial charge is 0.244 e. The number of hydrogen-bond donors (Lipinski definition) is 0. The molecular weight excluding hydrogens is 335 g/mol. The molecule has 0 atom stereocenters. The van der Waals surface area contributed by atoms with E-state index in [-0.39, 0.29) is 0 Å². The fourth-order valence-corrected chi connectivity index (χ4v) is 2.00. The lowest BCUT2D eigenvalue weighted by atomic mass is 10.0. The van der Waals surface area contributed by atoms with Gasteiger partial charge in [-0.1, -0.05) is 48.5 Å². The Morgan fingerprint density at radius 2 is 1.44 bits per heavy atom. The van der Waals surface area contributed by atoms with Gasteiger partial charge in [-0.05, 0) is 49.1 Å². The van der Waals surface area contributed by atoms with E-state index < -0.39 is 3.49 Å². The van der Waals surface area contributed by atoms with Crippen LogP contribution < -0.4 is 0 Å². The SMILES string of the molecule is FC(Br)(Br)c1cccc(-c2ccccc2)c1. The van der Waals surface area contributed by atoms with Crippen LogP contribution in [0.1, 0.15) is 5.56 Å². The molecule has 0 heterocycles. The zero-order chi connectivity index (χ0) is 11.6. The maximum absolute atomic E-state index is 13.7. The van der Waals surface area contributed by atoms with Gasteiger partial charge < -0.3 is 0 Å². The lowest BCUT2D eigenvalue weighted by Crippen LogP contribution is -1.99. The first-order valence-electron chi connectivity index (χ1n) is 4.80. The fraction of sp³-hybridized carbons (Fsp3) is 0.0769. The molecule has 16 heavy (non-hydrogen) atoms. The average Bonchev–Trinajstić information content (AvgIpc) is 2.29. The van der Waals surface area contributed by atoms with Crippen molar-refractivity contribution in [1.82, 2.24) is 0 Å².